The summed E-state index contributed by atoms with van der Waals surface area (Å²) < 4.78 is 1.73. The van der Waals surface area contributed by atoms with Crippen molar-refractivity contribution in [3.63, 3.8) is 0 Å². The maximum atomic E-state index is 11.1. The van der Waals surface area contributed by atoms with Crippen LogP contribution in [-0.2, 0) is 13.6 Å². The maximum absolute atomic E-state index is 11.1. The molecule has 0 aliphatic carbocycles. The van der Waals surface area contributed by atoms with Gasteiger partial charge < -0.3 is 16.2 Å². The summed E-state index contributed by atoms with van der Waals surface area (Å²) in [5, 5.41) is 16.4. The number of hydrogen-bond acceptors (Lipinski definition) is 4. The Hall–Kier alpha value is -2.50. The van der Waals surface area contributed by atoms with Gasteiger partial charge in [0.15, 0.2) is 0 Å². The van der Waals surface area contributed by atoms with Crippen molar-refractivity contribution < 1.29 is 9.90 Å². The van der Waals surface area contributed by atoms with E-state index in [9.17, 15) is 4.79 Å². The average Bonchev–Trinajstić information content (AvgIpc) is 2.65. The molecule has 0 radical (unpaired) electrons. The third kappa shape index (κ3) is 2.85. The fourth-order valence-corrected chi connectivity index (χ4v) is 1.91. The number of carbonyl (C=O) groups is 1. The number of carboxylic acids is 1. The molecule has 1 heterocycles. The lowest BCUT2D eigenvalue weighted by Gasteiger charge is -2.10. The first-order chi connectivity index (χ1) is 8.97. The van der Waals surface area contributed by atoms with Crippen molar-refractivity contribution in [2.75, 3.05) is 11.1 Å². The van der Waals surface area contributed by atoms with Crippen molar-refractivity contribution in [2.45, 2.75) is 13.5 Å². The van der Waals surface area contributed by atoms with E-state index in [1.807, 2.05) is 20.2 Å². The van der Waals surface area contributed by atoms with Gasteiger partial charge in [0.25, 0.3) is 0 Å². The summed E-state index contributed by atoms with van der Waals surface area (Å²) in [6.07, 6.45) is 1.90. The van der Waals surface area contributed by atoms with E-state index in [1.54, 1.807) is 16.8 Å². The Kier molecular flexibility index (Phi) is 3.41. The van der Waals surface area contributed by atoms with Crippen molar-refractivity contribution in [1.82, 2.24) is 9.78 Å². The number of nitrogens with zero attached hydrogens (tertiary/aromatic N) is 2. The third-order valence-electron chi connectivity index (χ3n) is 2.86. The molecule has 1 aromatic heterocycles. The van der Waals surface area contributed by atoms with Crippen LogP contribution in [0, 0.1) is 6.92 Å². The Morgan fingerprint density at radius 2 is 2.26 bits per heavy atom. The first kappa shape index (κ1) is 12.9. The summed E-state index contributed by atoms with van der Waals surface area (Å²) in [7, 11) is 1.85. The normalized spacial score (nSPS) is 10.4. The van der Waals surface area contributed by atoms with Gasteiger partial charge in [0.05, 0.1) is 16.9 Å². The Morgan fingerprint density at radius 3 is 2.84 bits per heavy atom. The summed E-state index contributed by atoms with van der Waals surface area (Å²) >= 11 is 0. The Balaban J connectivity index is 2.21. The summed E-state index contributed by atoms with van der Waals surface area (Å²) in [4.78, 5) is 11.1. The molecule has 0 unspecified atom stereocenters. The van der Waals surface area contributed by atoms with Gasteiger partial charge in [0.2, 0.25) is 0 Å². The first-order valence-corrected chi connectivity index (χ1v) is 5.83. The van der Waals surface area contributed by atoms with Crippen LogP contribution in [0.4, 0.5) is 11.4 Å². The average molecular weight is 260 g/mol. The number of aromatic carboxylic acids is 1. The fourth-order valence-electron chi connectivity index (χ4n) is 1.91. The van der Waals surface area contributed by atoms with Gasteiger partial charge in [-0.1, -0.05) is 0 Å². The zero-order valence-corrected chi connectivity index (χ0v) is 10.8. The largest absolute Gasteiger partial charge is 0.478 e. The number of aryl methyl sites for hydroxylation is 2. The van der Waals surface area contributed by atoms with Crippen molar-refractivity contribution >= 4 is 17.3 Å². The molecule has 6 heteroatoms. The predicted octanol–water partition coefficient (Wildman–Crippen LogP) is 1.62. The van der Waals surface area contributed by atoms with Crippen molar-refractivity contribution in [3.05, 3.63) is 41.2 Å². The second-order valence-corrected chi connectivity index (χ2v) is 4.38. The van der Waals surface area contributed by atoms with Crippen LogP contribution in [-0.4, -0.2) is 20.9 Å². The molecular formula is C13H16N4O2. The van der Waals surface area contributed by atoms with E-state index in [4.69, 9.17) is 10.8 Å². The molecule has 0 bridgehead atoms. The fraction of sp³-hybridized carbons (Fsp3) is 0.231. The number of hydrogen-bond donors (Lipinski definition) is 3. The lowest BCUT2D eigenvalue weighted by molar-refractivity contribution is 0.0698. The molecule has 0 atom stereocenters. The molecule has 19 heavy (non-hydrogen) atoms. The van der Waals surface area contributed by atoms with Gasteiger partial charge in [0.1, 0.15) is 0 Å². The second-order valence-electron chi connectivity index (χ2n) is 4.38. The Bertz CT molecular complexity index is 619. The Labute approximate surface area is 110 Å². The molecule has 2 aromatic rings. The molecule has 0 aliphatic heterocycles. The van der Waals surface area contributed by atoms with Gasteiger partial charge in [-0.2, -0.15) is 5.10 Å². The van der Waals surface area contributed by atoms with Crippen molar-refractivity contribution in [2.24, 2.45) is 7.05 Å². The molecule has 0 saturated heterocycles. The number of nitrogens with two attached hydrogens (primary N) is 1. The van der Waals surface area contributed by atoms with E-state index in [-0.39, 0.29) is 5.56 Å². The van der Waals surface area contributed by atoms with E-state index in [2.05, 4.69) is 10.4 Å². The number of nitrogens with one attached hydrogen (secondary N) is 1. The highest BCUT2D eigenvalue weighted by molar-refractivity contribution is 5.95. The molecule has 2 rings (SSSR count). The SMILES string of the molecule is Cc1nn(C)cc1CNc1cc(N)ccc1C(=O)O. The molecule has 0 spiro atoms. The van der Waals surface area contributed by atoms with E-state index in [1.165, 1.54) is 6.07 Å². The Morgan fingerprint density at radius 1 is 1.53 bits per heavy atom. The van der Waals surface area contributed by atoms with Crippen molar-refractivity contribution in [3.8, 4) is 0 Å². The highest BCUT2D eigenvalue weighted by Gasteiger charge is 2.11. The van der Waals surface area contributed by atoms with Crippen LogP contribution < -0.4 is 11.1 Å². The van der Waals surface area contributed by atoms with Crippen LogP contribution >= 0.6 is 0 Å². The molecule has 4 N–H and O–H groups in total. The lowest BCUT2D eigenvalue weighted by Crippen LogP contribution is -2.07. The smallest absolute Gasteiger partial charge is 0.337 e. The number of aromatic nitrogens is 2. The molecule has 6 nitrogen and oxygen atoms in total. The molecule has 100 valence electrons. The van der Waals surface area contributed by atoms with Gasteiger partial charge in [-0.25, -0.2) is 4.79 Å². The van der Waals surface area contributed by atoms with Crippen LogP contribution in [0.3, 0.4) is 0 Å². The van der Waals surface area contributed by atoms with Crippen LogP contribution in [0.1, 0.15) is 21.6 Å². The van der Waals surface area contributed by atoms with Gasteiger partial charge in [-0.3, -0.25) is 4.68 Å². The minimum absolute atomic E-state index is 0.204. The molecule has 1 aromatic carbocycles. The van der Waals surface area contributed by atoms with Crippen LogP contribution in [0.5, 0.6) is 0 Å². The third-order valence-corrected chi connectivity index (χ3v) is 2.86. The highest BCUT2D eigenvalue weighted by Crippen LogP contribution is 2.20. The molecule has 0 fully saturated rings. The monoisotopic (exact) mass is 260 g/mol. The standard InChI is InChI=1S/C13H16N4O2/c1-8-9(7-17(2)16-8)6-15-12-5-10(14)3-4-11(12)13(18)19/h3-5,7,15H,6,14H2,1-2H3,(H,18,19). The van der Waals surface area contributed by atoms with Gasteiger partial charge in [0, 0.05) is 31.0 Å². The van der Waals surface area contributed by atoms with E-state index >= 15 is 0 Å². The summed E-state index contributed by atoms with van der Waals surface area (Å²) in [6.45, 7) is 2.41. The predicted molar refractivity (Wildman–Crippen MR) is 73.1 cm³/mol. The van der Waals surface area contributed by atoms with E-state index < -0.39 is 5.97 Å². The summed E-state index contributed by atoms with van der Waals surface area (Å²) in [6, 6.07) is 4.69. The summed E-state index contributed by atoms with van der Waals surface area (Å²) in [5.41, 5.74) is 8.85. The highest BCUT2D eigenvalue weighted by atomic mass is 16.4. The minimum Gasteiger partial charge on any atom is -0.478 e. The van der Waals surface area contributed by atoms with Crippen LogP contribution in [0.25, 0.3) is 0 Å². The molecule has 0 saturated carbocycles. The van der Waals surface area contributed by atoms with Gasteiger partial charge >= 0.3 is 5.97 Å². The number of nitrogen functional groups attached to an aromatic ring is 1. The van der Waals surface area contributed by atoms with Gasteiger partial charge in [-0.05, 0) is 25.1 Å². The zero-order valence-electron chi connectivity index (χ0n) is 10.8. The zero-order chi connectivity index (χ0) is 14.0. The first-order valence-electron chi connectivity index (χ1n) is 5.83. The van der Waals surface area contributed by atoms with Gasteiger partial charge in [-0.15, -0.1) is 0 Å². The number of anilines is 2. The minimum atomic E-state index is -0.981. The van der Waals surface area contributed by atoms with Crippen LogP contribution in [0.2, 0.25) is 0 Å². The second kappa shape index (κ2) is 5.01. The number of benzene rings is 1. The van der Waals surface area contributed by atoms with E-state index in [0.717, 1.165) is 11.3 Å². The topological polar surface area (TPSA) is 93.2 Å². The summed E-state index contributed by atoms with van der Waals surface area (Å²) in [5.74, 6) is -0.981. The number of rotatable bonds is 4. The lowest BCUT2D eigenvalue weighted by atomic mass is 10.1. The number of carboxylic acid groups (broad SMARTS) is 1. The molecule has 0 amide bonds. The van der Waals surface area contributed by atoms with Crippen molar-refractivity contribution in [1.29, 1.82) is 0 Å². The maximum Gasteiger partial charge on any atom is 0.337 e. The quantitative estimate of drug-likeness (QED) is 0.726. The molecule has 0 aliphatic rings. The van der Waals surface area contributed by atoms with E-state index in [0.29, 0.717) is 17.9 Å². The molecular weight excluding hydrogens is 244 g/mol. The van der Waals surface area contributed by atoms with Crippen LogP contribution in [0.15, 0.2) is 24.4 Å².